The molecule has 0 unspecified atom stereocenters. The van der Waals surface area contributed by atoms with Crippen LogP contribution in [-0.2, 0) is 6.54 Å². The summed E-state index contributed by atoms with van der Waals surface area (Å²) in [5.41, 5.74) is 2.08. The second-order valence-corrected chi connectivity index (χ2v) is 5.09. The number of amides is 1. The highest BCUT2D eigenvalue weighted by Gasteiger charge is 2.21. The summed E-state index contributed by atoms with van der Waals surface area (Å²) in [6.07, 6.45) is 6.53. The van der Waals surface area contributed by atoms with Crippen molar-refractivity contribution in [2.24, 2.45) is 5.84 Å². The van der Waals surface area contributed by atoms with Crippen LogP contribution in [0.2, 0.25) is 0 Å². The van der Waals surface area contributed by atoms with Gasteiger partial charge in [0.05, 0.1) is 6.54 Å². The molecule has 1 heterocycles. The summed E-state index contributed by atoms with van der Waals surface area (Å²) in [4.78, 5) is 13.8. The smallest absolute Gasteiger partial charge is 0.300 e. The summed E-state index contributed by atoms with van der Waals surface area (Å²) < 4.78 is 5.53. The van der Waals surface area contributed by atoms with E-state index in [0.717, 1.165) is 18.8 Å². The molecule has 1 aliphatic rings. The van der Waals surface area contributed by atoms with Crippen LogP contribution in [0.1, 0.15) is 55.3 Å². The van der Waals surface area contributed by atoms with Crippen LogP contribution in [0.3, 0.4) is 0 Å². The van der Waals surface area contributed by atoms with Crippen molar-refractivity contribution in [3.05, 3.63) is 23.7 Å². The van der Waals surface area contributed by atoms with Gasteiger partial charge in [-0.3, -0.25) is 15.1 Å². The Morgan fingerprint density at radius 1 is 1.42 bits per heavy atom. The predicted molar refractivity (Wildman–Crippen MR) is 73.3 cm³/mol. The fourth-order valence-corrected chi connectivity index (χ4v) is 2.80. The second kappa shape index (κ2) is 6.73. The molecule has 0 aromatic carbocycles. The van der Waals surface area contributed by atoms with Gasteiger partial charge in [0.15, 0.2) is 5.76 Å². The van der Waals surface area contributed by atoms with Gasteiger partial charge in [-0.1, -0.05) is 26.2 Å². The predicted octanol–water partition coefficient (Wildman–Crippen LogP) is 2.04. The van der Waals surface area contributed by atoms with Crippen molar-refractivity contribution in [1.82, 2.24) is 10.3 Å². The summed E-state index contributed by atoms with van der Waals surface area (Å²) in [6, 6.07) is 4.18. The number of nitrogens with two attached hydrogens (primary N) is 1. The van der Waals surface area contributed by atoms with Gasteiger partial charge in [0.25, 0.3) is 0 Å². The monoisotopic (exact) mass is 265 g/mol. The summed E-state index contributed by atoms with van der Waals surface area (Å²) in [6.45, 7) is 3.94. The second-order valence-electron chi connectivity index (χ2n) is 5.09. The molecule has 5 nitrogen and oxygen atoms in total. The highest BCUT2D eigenvalue weighted by molar-refractivity contribution is 5.90. The number of nitrogen functional groups attached to an aromatic ring is 1. The number of carbonyl (C=O) groups is 1. The summed E-state index contributed by atoms with van der Waals surface area (Å²) in [5.74, 6) is 5.81. The molecule has 106 valence electrons. The summed E-state index contributed by atoms with van der Waals surface area (Å²) in [5, 5.41) is 0. The zero-order valence-electron chi connectivity index (χ0n) is 11.5. The minimum absolute atomic E-state index is 0.275. The van der Waals surface area contributed by atoms with E-state index >= 15 is 0 Å². The van der Waals surface area contributed by atoms with Crippen molar-refractivity contribution >= 4 is 5.91 Å². The average molecular weight is 265 g/mol. The van der Waals surface area contributed by atoms with E-state index < -0.39 is 0 Å². The molecule has 1 aliphatic carbocycles. The highest BCUT2D eigenvalue weighted by atomic mass is 16.4. The maximum absolute atomic E-state index is 11.3. The molecule has 0 spiro atoms. The standard InChI is InChI=1S/C14H23N3O2/c1-2-17(11-6-4-3-5-7-11)10-12-8-9-13(19-12)14(18)16-15/h8-9,11H,2-7,10,15H2,1H3,(H,16,18). The van der Waals surface area contributed by atoms with Gasteiger partial charge in [-0.05, 0) is 31.5 Å². The zero-order chi connectivity index (χ0) is 13.7. The molecule has 1 saturated carbocycles. The Balaban J connectivity index is 1.97. The van der Waals surface area contributed by atoms with E-state index in [1.807, 2.05) is 6.07 Å². The molecule has 1 fully saturated rings. The quantitative estimate of drug-likeness (QED) is 0.485. The fraction of sp³-hybridized carbons (Fsp3) is 0.643. The molecule has 1 aromatic heterocycles. The maximum atomic E-state index is 11.3. The summed E-state index contributed by atoms with van der Waals surface area (Å²) in [7, 11) is 0. The van der Waals surface area contributed by atoms with Gasteiger partial charge in [-0.25, -0.2) is 5.84 Å². The number of hydrogen-bond acceptors (Lipinski definition) is 4. The lowest BCUT2D eigenvalue weighted by Gasteiger charge is -2.32. The third-order valence-electron chi connectivity index (χ3n) is 3.87. The lowest BCUT2D eigenvalue weighted by Crippen LogP contribution is -2.36. The third-order valence-corrected chi connectivity index (χ3v) is 3.87. The number of rotatable bonds is 5. The Hall–Kier alpha value is -1.33. The SMILES string of the molecule is CCN(Cc1ccc(C(=O)NN)o1)C1CCCCC1. The largest absolute Gasteiger partial charge is 0.455 e. The van der Waals surface area contributed by atoms with E-state index in [2.05, 4.69) is 17.2 Å². The van der Waals surface area contributed by atoms with Crippen LogP contribution in [0.15, 0.2) is 16.5 Å². The fourth-order valence-electron chi connectivity index (χ4n) is 2.80. The lowest BCUT2D eigenvalue weighted by molar-refractivity contribution is 0.0918. The molecule has 0 atom stereocenters. The van der Waals surface area contributed by atoms with E-state index in [1.54, 1.807) is 6.07 Å². The van der Waals surface area contributed by atoms with Gasteiger partial charge in [-0.2, -0.15) is 0 Å². The molecule has 0 bridgehead atoms. The Morgan fingerprint density at radius 3 is 2.79 bits per heavy atom. The van der Waals surface area contributed by atoms with E-state index in [4.69, 9.17) is 10.3 Å². The molecule has 1 aromatic rings. The summed E-state index contributed by atoms with van der Waals surface area (Å²) >= 11 is 0. The zero-order valence-corrected chi connectivity index (χ0v) is 11.5. The Kier molecular flexibility index (Phi) is 4.99. The number of hydrogen-bond donors (Lipinski definition) is 2. The van der Waals surface area contributed by atoms with Crippen LogP contribution < -0.4 is 11.3 Å². The molecule has 0 saturated heterocycles. The first-order chi connectivity index (χ1) is 9.24. The van der Waals surface area contributed by atoms with Crippen LogP contribution in [0.5, 0.6) is 0 Å². The van der Waals surface area contributed by atoms with E-state index in [-0.39, 0.29) is 11.7 Å². The van der Waals surface area contributed by atoms with Gasteiger partial charge in [0.2, 0.25) is 0 Å². The molecular weight excluding hydrogens is 242 g/mol. The highest BCUT2D eigenvalue weighted by Crippen LogP contribution is 2.24. The Morgan fingerprint density at radius 2 is 2.16 bits per heavy atom. The number of nitrogens with zero attached hydrogens (tertiary/aromatic N) is 1. The molecular formula is C14H23N3O2. The van der Waals surface area contributed by atoms with E-state index in [9.17, 15) is 4.79 Å². The topological polar surface area (TPSA) is 71.5 Å². The van der Waals surface area contributed by atoms with Crippen molar-refractivity contribution in [3.8, 4) is 0 Å². The van der Waals surface area contributed by atoms with Crippen molar-refractivity contribution in [2.45, 2.75) is 51.6 Å². The van der Waals surface area contributed by atoms with Crippen LogP contribution >= 0.6 is 0 Å². The van der Waals surface area contributed by atoms with Gasteiger partial charge in [0.1, 0.15) is 5.76 Å². The Labute approximate surface area is 114 Å². The average Bonchev–Trinajstić information content (AvgIpc) is 2.93. The number of hydrazine groups is 1. The molecule has 1 amide bonds. The van der Waals surface area contributed by atoms with E-state index in [1.165, 1.54) is 32.1 Å². The number of carbonyl (C=O) groups excluding carboxylic acids is 1. The molecule has 0 aliphatic heterocycles. The van der Waals surface area contributed by atoms with Crippen molar-refractivity contribution < 1.29 is 9.21 Å². The van der Waals surface area contributed by atoms with Gasteiger partial charge in [0, 0.05) is 6.04 Å². The normalized spacial score (nSPS) is 16.8. The maximum Gasteiger partial charge on any atom is 0.300 e. The number of nitrogens with one attached hydrogen (secondary N) is 1. The van der Waals surface area contributed by atoms with Crippen molar-refractivity contribution in [3.63, 3.8) is 0 Å². The van der Waals surface area contributed by atoms with Crippen molar-refractivity contribution in [1.29, 1.82) is 0 Å². The van der Waals surface area contributed by atoms with E-state index in [0.29, 0.717) is 6.04 Å². The van der Waals surface area contributed by atoms with Crippen LogP contribution in [0.25, 0.3) is 0 Å². The first kappa shape index (κ1) is 14.1. The minimum atomic E-state index is -0.382. The first-order valence-corrected chi connectivity index (χ1v) is 7.08. The minimum Gasteiger partial charge on any atom is -0.455 e. The van der Waals surface area contributed by atoms with Gasteiger partial charge in [-0.15, -0.1) is 0 Å². The van der Waals surface area contributed by atoms with Crippen LogP contribution in [0, 0.1) is 0 Å². The first-order valence-electron chi connectivity index (χ1n) is 7.08. The molecule has 0 radical (unpaired) electrons. The van der Waals surface area contributed by atoms with Crippen molar-refractivity contribution in [2.75, 3.05) is 6.54 Å². The van der Waals surface area contributed by atoms with Crippen LogP contribution in [-0.4, -0.2) is 23.4 Å². The molecule has 5 heteroatoms. The molecule has 19 heavy (non-hydrogen) atoms. The third kappa shape index (κ3) is 3.58. The number of furan rings is 1. The Bertz CT molecular complexity index is 411. The molecule has 3 N–H and O–H groups in total. The lowest BCUT2D eigenvalue weighted by atomic mass is 9.94. The van der Waals surface area contributed by atoms with Gasteiger partial charge >= 0.3 is 5.91 Å². The van der Waals surface area contributed by atoms with Crippen LogP contribution in [0.4, 0.5) is 0 Å². The van der Waals surface area contributed by atoms with Gasteiger partial charge < -0.3 is 4.42 Å². The molecule has 2 rings (SSSR count).